The van der Waals surface area contributed by atoms with Crippen molar-refractivity contribution in [3.63, 3.8) is 0 Å². The lowest BCUT2D eigenvalue weighted by atomic mass is 9.94. The molecule has 6 heteroatoms. The highest BCUT2D eigenvalue weighted by Crippen LogP contribution is 2.27. The molecule has 0 saturated carbocycles. The Morgan fingerprint density at radius 2 is 1.93 bits per heavy atom. The molecule has 0 aliphatic carbocycles. The number of nitriles is 1. The van der Waals surface area contributed by atoms with E-state index < -0.39 is 23.9 Å². The summed E-state index contributed by atoms with van der Waals surface area (Å²) in [6.07, 6.45) is 0.150. The first kappa shape index (κ1) is 20.0. The van der Waals surface area contributed by atoms with Crippen LogP contribution >= 0.6 is 0 Å². The van der Waals surface area contributed by atoms with Gasteiger partial charge in [-0.15, -0.1) is 0 Å². The van der Waals surface area contributed by atoms with Gasteiger partial charge in [-0.2, -0.15) is 5.26 Å². The molecule has 1 heterocycles. The van der Waals surface area contributed by atoms with Crippen molar-refractivity contribution in [1.29, 1.82) is 5.26 Å². The third kappa shape index (κ3) is 4.04. The molecule has 2 N–H and O–H groups in total. The van der Waals surface area contributed by atoms with Crippen molar-refractivity contribution in [2.24, 2.45) is 0 Å². The van der Waals surface area contributed by atoms with Crippen LogP contribution in [-0.4, -0.2) is 36.4 Å². The quantitative estimate of drug-likeness (QED) is 0.699. The van der Waals surface area contributed by atoms with Gasteiger partial charge in [0.2, 0.25) is 0 Å². The summed E-state index contributed by atoms with van der Waals surface area (Å²) in [5, 5.41) is 22.9. The maximum absolute atomic E-state index is 15.2. The maximum atomic E-state index is 15.2. The molecule has 1 saturated heterocycles. The topological polar surface area (TPSA) is 82.4 Å². The fourth-order valence-electron chi connectivity index (χ4n) is 3.78. The highest BCUT2D eigenvalue weighted by atomic mass is 19.1. The molecule has 0 bridgehead atoms. The zero-order chi connectivity index (χ0) is 21.1. The number of nitrogens with zero attached hydrogens (tertiary/aromatic N) is 1. The molecule has 152 valence electrons. The molecule has 2 unspecified atom stereocenters. The molecular weight excluding hydrogens is 383 g/mol. The Hall–Kier alpha value is -3.27. The Kier molecular flexibility index (Phi) is 5.75. The van der Waals surface area contributed by atoms with Gasteiger partial charge in [0.15, 0.2) is 0 Å². The van der Waals surface area contributed by atoms with Gasteiger partial charge in [-0.1, -0.05) is 36.4 Å². The van der Waals surface area contributed by atoms with Crippen molar-refractivity contribution in [2.45, 2.75) is 25.0 Å². The second-order valence-electron chi connectivity index (χ2n) is 7.44. The summed E-state index contributed by atoms with van der Waals surface area (Å²) < 4.78 is 20.4. The molecule has 30 heavy (non-hydrogen) atoms. The number of rotatable bonds is 4. The van der Waals surface area contributed by atoms with E-state index in [0.29, 0.717) is 30.4 Å². The predicted molar refractivity (Wildman–Crippen MR) is 111 cm³/mol. The Bertz CT molecular complexity index is 1120. The van der Waals surface area contributed by atoms with E-state index in [-0.39, 0.29) is 12.2 Å². The van der Waals surface area contributed by atoms with Crippen LogP contribution in [0.4, 0.5) is 4.39 Å². The molecular formula is C24H21FN2O3. The largest absolute Gasteiger partial charge is 0.389 e. The van der Waals surface area contributed by atoms with Crippen molar-refractivity contribution in [3.8, 4) is 6.07 Å². The molecule has 2 atom stereocenters. The second kappa shape index (κ2) is 8.62. The van der Waals surface area contributed by atoms with E-state index in [1.165, 1.54) is 0 Å². The summed E-state index contributed by atoms with van der Waals surface area (Å²) in [5.74, 6) is -1.13. The number of aliphatic hydroxyl groups is 1. The van der Waals surface area contributed by atoms with E-state index in [0.717, 1.165) is 16.5 Å². The van der Waals surface area contributed by atoms with E-state index in [1.807, 2.05) is 24.3 Å². The van der Waals surface area contributed by atoms with Crippen LogP contribution in [0.1, 0.15) is 33.5 Å². The lowest BCUT2D eigenvalue weighted by Gasteiger charge is -2.28. The zero-order valence-electron chi connectivity index (χ0n) is 16.3. The lowest BCUT2D eigenvalue weighted by molar-refractivity contribution is -0.0261. The average molecular weight is 404 g/mol. The number of fused-ring (bicyclic) bond motifs is 1. The average Bonchev–Trinajstić information content (AvgIpc) is 2.77. The van der Waals surface area contributed by atoms with Gasteiger partial charge in [-0.25, -0.2) is 4.39 Å². The SMILES string of the molecule is N#Cc1ccc(Cc2cc(C(=O)NC3CCOCC3O)c(F)c3ccccc23)cc1. The molecule has 1 aliphatic rings. The van der Waals surface area contributed by atoms with Crippen molar-refractivity contribution in [3.05, 3.63) is 82.7 Å². The number of halogens is 1. The van der Waals surface area contributed by atoms with Gasteiger partial charge in [0.05, 0.1) is 35.9 Å². The fraction of sp³-hybridized carbons (Fsp3) is 0.250. The summed E-state index contributed by atoms with van der Waals surface area (Å²) in [6.45, 7) is 0.585. The van der Waals surface area contributed by atoms with Gasteiger partial charge in [-0.05, 0) is 47.6 Å². The zero-order valence-corrected chi connectivity index (χ0v) is 16.3. The first-order valence-electron chi connectivity index (χ1n) is 9.82. The smallest absolute Gasteiger partial charge is 0.254 e. The Morgan fingerprint density at radius 1 is 1.20 bits per heavy atom. The Labute approximate surface area is 173 Å². The van der Waals surface area contributed by atoms with E-state index in [2.05, 4.69) is 11.4 Å². The van der Waals surface area contributed by atoms with Crippen LogP contribution in [0, 0.1) is 17.1 Å². The van der Waals surface area contributed by atoms with Gasteiger partial charge in [0.1, 0.15) is 5.82 Å². The van der Waals surface area contributed by atoms with Gasteiger partial charge in [0, 0.05) is 12.0 Å². The summed E-state index contributed by atoms with van der Waals surface area (Å²) in [4.78, 5) is 12.9. The minimum Gasteiger partial charge on any atom is -0.389 e. The molecule has 3 aromatic carbocycles. The number of benzene rings is 3. The molecule has 0 radical (unpaired) electrons. The normalized spacial score (nSPS) is 18.7. The Morgan fingerprint density at radius 3 is 2.63 bits per heavy atom. The van der Waals surface area contributed by atoms with Crippen molar-refractivity contribution < 1.29 is 19.0 Å². The van der Waals surface area contributed by atoms with Crippen LogP contribution in [-0.2, 0) is 11.2 Å². The van der Waals surface area contributed by atoms with Crippen molar-refractivity contribution in [1.82, 2.24) is 5.32 Å². The summed E-state index contributed by atoms with van der Waals surface area (Å²) >= 11 is 0. The van der Waals surface area contributed by atoms with E-state index >= 15 is 4.39 Å². The molecule has 1 aliphatic heterocycles. The summed E-state index contributed by atoms with van der Waals surface area (Å²) in [7, 11) is 0. The minimum atomic E-state index is -0.815. The van der Waals surface area contributed by atoms with Gasteiger partial charge in [-0.3, -0.25) is 4.79 Å². The number of nitrogens with one attached hydrogen (secondary N) is 1. The maximum Gasteiger partial charge on any atom is 0.254 e. The number of hydrogen-bond donors (Lipinski definition) is 2. The summed E-state index contributed by atoms with van der Waals surface area (Å²) in [5.41, 5.74) is 2.29. The van der Waals surface area contributed by atoms with Crippen LogP contribution in [0.25, 0.3) is 10.8 Å². The molecule has 1 amide bonds. The number of carbonyl (C=O) groups excluding carboxylic acids is 1. The third-order valence-corrected chi connectivity index (χ3v) is 5.43. The molecule has 0 aromatic heterocycles. The van der Waals surface area contributed by atoms with Gasteiger partial charge >= 0.3 is 0 Å². The standard InChI is InChI=1S/C24H21FN2O3/c25-23-19-4-2-1-3-18(19)17(11-15-5-7-16(13-26)8-6-15)12-20(23)24(29)27-21-9-10-30-14-22(21)28/h1-8,12,21-22,28H,9-11,14H2,(H,27,29). The van der Waals surface area contributed by atoms with Crippen LogP contribution < -0.4 is 5.32 Å². The van der Waals surface area contributed by atoms with Gasteiger partial charge < -0.3 is 15.2 Å². The second-order valence-corrected chi connectivity index (χ2v) is 7.44. The number of aliphatic hydroxyl groups excluding tert-OH is 1. The molecule has 5 nitrogen and oxygen atoms in total. The third-order valence-electron chi connectivity index (χ3n) is 5.43. The highest BCUT2D eigenvalue weighted by Gasteiger charge is 2.27. The van der Waals surface area contributed by atoms with Crippen LogP contribution in [0.5, 0.6) is 0 Å². The van der Waals surface area contributed by atoms with Crippen LogP contribution in [0.2, 0.25) is 0 Å². The number of carbonyl (C=O) groups is 1. The highest BCUT2D eigenvalue weighted by molar-refractivity contribution is 6.00. The van der Waals surface area contributed by atoms with Crippen LogP contribution in [0.3, 0.4) is 0 Å². The van der Waals surface area contributed by atoms with Crippen LogP contribution in [0.15, 0.2) is 54.6 Å². The van der Waals surface area contributed by atoms with Crippen molar-refractivity contribution >= 4 is 16.7 Å². The molecule has 3 aromatic rings. The molecule has 1 fully saturated rings. The number of amides is 1. The van der Waals surface area contributed by atoms with E-state index in [1.54, 1.807) is 30.3 Å². The Balaban J connectivity index is 1.70. The van der Waals surface area contributed by atoms with Gasteiger partial charge in [0.25, 0.3) is 5.91 Å². The number of ether oxygens (including phenoxy) is 1. The fourth-order valence-corrected chi connectivity index (χ4v) is 3.78. The van der Waals surface area contributed by atoms with E-state index in [4.69, 9.17) is 10.00 Å². The first-order chi connectivity index (χ1) is 14.6. The van der Waals surface area contributed by atoms with E-state index in [9.17, 15) is 9.90 Å². The summed E-state index contributed by atoms with van der Waals surface area (Å²) in [6, 6.07) is 17.5. The monoisotopic (exact) mass is 404 g/mol. The molecule has 4 rings (SSSR count). The van der Waals surface area contributed by atoms with Crippen molar-refractivity contribution in [2.75, 3.05) is 13.2 Å². The first-order valence-corrected chi connectivity index (χ1v) is 9.82. The minimum absolute atomic E-state index is 0.0453. The molecule has 0 spiro atoms. The number of hydrogen-bond acceptors (Lipinski definition) is 4. The predicted octanol–water partition coefficient (Wildman–Crippen LogP) is 3.32. The lowest BCUT2D eigenvalue weighted by Crippen LogP contribution is -2.48.